The van der Waals surface area contributed by atoms with Crippen LogP contribution < -0.4 is 0 Å². The van der Waals surface area contributed by atoms with Crippen molar-refractivity contribution in [2.45, 2.75) is 13.8 Å². The van der Waals surface area contributed by atoms with Crippen molar-refractivity contribution in [3.05, 3.63) is 47.8 Å². The average molecular weight is 178 g/mol. The molecule has 0 atom stereocenters. The van der Waals surface area contributed by atoms with E-state index in [0.29, 0.717) is 5.69 Å². The fourth-order valence-corrected chi connectivity index (χ4v) is 0.802. The van der Waals surface area contributed by atoms with Crippen LogP contribution in [0.3, 0.4) is 0 Å². The van der Waals surface area contributed by atoms with Gasteiger partial charge >= 0.3 is 0 Å². The number of hydrogen-bond acceptors (Lipinski definition) is 2. The zero-order chi connectivity index (χ0) is 9.68. The number of rotatable bonds is 0. The standard InChI is InChI=1S/C10H11FN2/c1-8-3-4-10(11)13-9(2)7-12-6-5-8/h3-7H,1-2H3. The fraction of sp³-hybridized carbons (Fsp3) is 0.200. The van der Waals surface area contributed by atoms with Crippen molar-refractivity contribution in [1.29, 1.82) is 0 Å². The van der Waals surface area contributed by atoms with Gasteiger partial charge in [0.05, 0.1) is 5.69 Å². The van der Waals surface area contributed by atoms with Crippen LogP contribution in [-0.4, -0.2) is 9.97 Å². The number of hydrogen-bond donors (Lipinski definition) is 0. The van der Waals surface area contributed by atoms with E-state index in [2.05, 4.69) is 9.97 Å². The molecule has 0 fully saturated rings. The lowest BCUT2D eigenvalue weighted by atomic mass is 10.3. The summed E-state index contributed by atoms with van der Waals surface area (Å²) >= 11 is 0. The first-order valence-electron chi connectivity index (χ1n) is 3.97. The summed E-state index contributed by atoms with van der Waals surface area (Å²) in [6.45, 7) is 3.57. The molecule has 0 aliphatic heterocycles. The summed E-state index contributed by atoms with van der Waals surface area (Å²) in [4.78, 5) is 7.58. The fourth-order valence-electron chi connectivity index (χ4n) is 0.802. The molecule has 1 heterocycles. The third-order valence-electron chi connectivity index (χ3n) is 1.45. The summed E-state index contributed by atoms with van der Waals surface area (Å²) < 4.78 is 12.9. The van der Waals surface area contributed by atoms with Gasteiger partial charge in [-0.2, -0.15) is 4.39 Å². The first-order valence-corrected chi connectivity index (χ1v) is 3.97. The van der Waals surface area contributed by atoms with Crippen molar-refractivity contribution in [3.8, 4) is 0 Å². The maximum atomic E-state index is 12.9. The maximum absolute atomic E-state index is 12.9. The van der Waals surface area contributed by atoms with E-state index in [1.54, 1.807) is 25.3 Å². The van der Waals surface area contributed by atoms with Crippen LogP contribution in [0.5, 0.6) is 0 Å². The van der Waals surface area contributed by atoms with Crippen LogP contribution in [0.4, 0.5) is 4.39 Å². The van der Waals surface area contributed by atoms with Crippen LogP contribution in [-0.2, 0) is 0 Å². The number of aromatic nitrogens is 2. The second kappa shape index (κ2) is 4.50. The van der Waals surface area contributed by atoms with Gasteiger partial charge < -0.3 is 0 Å². The molecule has 0 saturated heterocycles. The topological polar surface area (TPSA) is 25.8 Å². The molecule has 0 unspecified atom stereocenters. The highest BCUT2D eigenvalue weighted by Gasteiger charge is 1.85. The zero-order valence-electron chi connectivity index (χ0n) is 7.66. The smallest absolute Gasteiger partial charge is 0.213 e. The maximum Gasteiger partial charge on any atom is 0.213 e. The largest absolute Gasteiger partial charge is 0.263 e. The van der Waals surface area contributed by atoms with E-state index in [0.717, 1.165) is 5.56 Å². The lowest BCUT2D eigenvalue weighted by molar-refractivity contribution is 0.582. The van der Waals surface area contributed by atoms with Gasteiger partial charge in [-0.3, -0.25) is 4.98 Å². The van der Waals surface area contributed by atoms with E-state index >= 15 is 0 Å². The Morgan fingerprint density at radius 2 is 1.92 bits per heavy atom. The quantitative estimate of drug-likeness (QED) is 0.609. The van der Waals surface area contributed by atoms with Crippen molar-refractivity contribution in [2.24, 2.45) is 0 Å². The Morgan fingerprint density at radius 1 is 1.15 bits per heavy atom. The van der Waals surface area contributed by atoms with Gasteiger partial charge in [-0.05, 0) is 31.5 Å². The van der Waals surface area contributed by atoms with E-state index in [9.17, 15) is 4.39 Å². The molecule has 1 aromatic heterocycles. The molecule has 0 aromatic carbocycles. The molecule has 0 bridgehead atoms. The molecular formula is C10H11FN2. The normalized spacial score (nSPS) is 9.15. The molecule has 0 spiro atoms. The van der Waals surface area contributed by atoms with Crippen LogP contribution >= 0.6 is 0 Å². The average Bonchev–Trinajstić information content (AvgIpc) is 2.08. The summed E-state index contributed by atoms with van der Waals surface area (Å²) in [5.74, 6) is -0.501. The third kappa shape index (κ3) is 3.60. The highest BCUT2D eigenvalue weighted by atomic mass is 19.1. The summed E-state index contributed by atoms with van der Waals surface area (Å²) in [5, 5.41) is 0. The Balaban J connectivity index is 3.31. The van der Waals surface area contributed by atoms with E-state index in [-0.39, 0.29) is 0 Å². The van der Waals surface area contributed by atoms with Crippen molar-refractivity contribution in [1.82, 2.24) is 9.97 Å². The van der Waals surface area contributed by atoms with Crippen molar-refractivity contribution >= 4 is 0 Å². The molecule has 0 aliphatic rings. The molecule has 68 valence electrons. The molecule has 13 heavy (non-hydrogen) atoms. The Morgan fingerprint density at radius 3 is 2.69 bits per heavy atom. The molecule has 1 rings (SSSR count). The molecule has 0 N–H and O–H groups in total. The third-order valence-corrected chi connectivity index (χ3v) is 1.45. The molecule has 0 aliphatic carbocycles. The van der Waals surface area contributed by atoms with Gasteiger partial charge in [0, 0.05) is 12.4 Å². The number of halogens is 1. The molecule has 0 amide bonds. The summed E-state index contributed by atoms with van der Waals surface area (Å²) in [5.41, 5.74) is 1.48. The van der Waals surface area contributed by atoms with Crippen LogP contribution in [0.25, 0.3) is 0 Å². The molecule has 0 radical (unpaired) electrons. The van der Waals surface area contributed by atoms with Gasteiger partial charge in [0.25, 0.3) is 0 Å². The molecule has 1 aromatic rings. The molecule has 2 nitrogen and oxygen atoms in total. The Bertz CT molecular complexity index is 349. The summed E-state index contributed by atoms with van der Waals surface area (Å²) in [7, 11) is 0. The van der Waals surface area contributed by atoms with Gasteiger partial charge in [0.1, 0.15) is 0 Å². The zero-order valence-corrected chi connectivity index (χ0v) is 7.66. The molecule has 0 saturated carbocycles. The first kappa shape index (κ1) is 9.58. The lowest BCUT2D eigenvalue weighted by Gasteiger charge is -1.86. The Hall–Kier alpha value is -1.51. The number of aryl methyl sites for hydroxylation is 2. The van der Waals surface area contributed by atoms with Crippen LogP contribution in [0.2, 0.25) is 0 Å². The van der Waals surface area contributed by atoms with Gasteiger partial charge in [-0.15, -0.1) is 0 Å². The summed E-state index contributed by atoms with van der Waals surface area (Å²) in [6.07, 6.45) is 3.17. The second-order valence-corrected chi connectivity index (χ2v) is 2.75. The van der Waals surface area contributed by atoms with E-state index < -0.39 is 5.95 Å². The summed E-state index contributed by atoms with van der Waals surface area (Å²) in [6, 6.07) is 4.80. The predicted octanol–water partition coefficient (Wildman–Crippen LogP) is 2.36. The Labute approximate surface area is 76.8 Å². The van der Waals surface area contributed by atoms with Crippen molar-refractivity contribution in [2.75, 3.05) is 0 Å². The predicted molar refractivity (Wildman–Crippen MR) is 49.1 cm³/mol. The van der Waals surface area contributed by atoms with Crippen molar-refractivity contribution in [3.63, 3.8) is 0 Å². The SMILES string of the molecule is Cc1ccncc(C)nc(F)cc1. The minimum Gasteiger partial charge on any atom is -0.263 e. The highest BCUT2D eigenvalue weighted by molar-refractivity contribution is 5.06. The van der Waals surface area contributed by atoms with Crippen LogP contribution in [0.1, 0.15) is 11.3 Å². The minimum atomic E-state index is -0.501. The van der Waals surface area contributed by atoms with Gasteiger partial charge in [0.2, 0.25) is 5.95 Å². The monoisotopic (exact) mass is 178 g/mol. The lowest BCUT2D eigenvalue weighted by Crippen LogP contribution is -1.81. The van der Waals surface area contributed by atoms with E-state index in [4.69, 9.17) is 0 Å². The molecule has 3 heteroatoms. The first-order chi connectivity index (χ1) is 6.18. The van der Waals surface area contributed by atoms with Crippen molar-refractivity contribution < 1.29 is 4.39 Å². The van der Waals surface area contributed by atoms with Crippen LogP contribution in [0.15, 0.2) is 30.6 Å². The van der Waals surface area contributed by atoms with Gasteiger partial charge in [-0.1, -0.05) is 6.07 Å². The number of nitrogens with zero attached hydrogens (tertiary/aromatic N) is 2. The van der Waals surface area contributed by atoms with Gasteiger partial charge in [-0.25, -0.2) is 4.98 Å². The van der Waals surface area contributed by atoms with E-state index in [1.165, 1.54) is 12.3 Å². The molecular weight excluding hydrogens is 167 g/mol. The highest BCUT2D eigenvalue weighted by Crippen LogP contribution is 1.93. The second-order valence-electron chi connectivity index (χ2n) is 2.75. The van der Waals surface area contributed by atoms with Gasteiger partial charge in [0.15, 0.2) is 0 Å². The Kier molecular flexibility index (Phi) is 3.31. The van der Waals surface area contributed by atoms with Crippen LogP contribution in [0, 0.1) is 19.8 Å². The minimum absolute atomic E-state index is 0.501. The van der Waals surface area contributed by atoms with E-state index in [1.807, 2.05) is 6.92 Å².